The highest BCUT2D eigenvalue weighted by Crippen LogP contribution is 2.25. The van der Waals surface area contributed by atoms with Crippen LogP contribution in [0.15, 0.2) is 0 Å². The molecule has 0 saturated heterocycles. The normalized spacial score (nSPS) is 31.9. The van der Waals surface area contributed by atoms with Crippen molar-refractivity contribution >= 4 is 11.8 Å². The van der Waals surface area contributed by atoms with Gasteiger partial charge in [0.2, 0.25) is 11.8 Å². The highest BCUT2D eigenvalue weighted by Gasteiger charge is 2.28. The van der Waals surface area contributed by atoms with Crippen molar-refractivity contribution in [1.82, 2.24) is 10.6 Å². The molecule has 172 valence electrons. The van der Waals surface area contributed by atoms with E-state index in [2.05, 4.69) is 10.6 Å². The van der Waals surface area contributed by atoms with Gasteiger partial charge < -0.3 is 20.8 Å². The fraction of sp³-hybridized carbons (Fsp3) is 0.913. The SMILES string of the molecule is C.CC(C)C(=O)N[C@@H]1CC[C@@H](O)[C@H](C)C1.CC(C)C(=O)N[C@H]1CC[C@H](O)[C@@H](C)C1. The van der Waals surface area contributed by atoms with Crippen molar-refractivity contribution in [3.63, 3.8) is 0 Å². The van der Waals surface area contributed by atoms with E-state index in [9.17, 15) is 19.8 Å². The van der Waals surface area contributed by atoms with E-state index in [0.717, 1.165) is 38.5 Å². The molecule has 0 bridgehead atoms. The smallest absolute Gasteiger partial charge is 0.222 e. The van der Waals surface area contributed by atoms with Gasteiger partial charge in [0, 0.05) is 23.9 Å². The molecule has 2 rings (SSSR count). The summed E-state index contributed by atoms with van der Waals surface area (Å²) in [6.07, 6.45) is 4.88. The van der Waals surface area contributed by atoms with Crippen LogP contribution in [0.3, 0.4) is 0 Å². The molecule has 6 atom stereocenters. The second kappa shape index (κ2) is 13.2. The first-order chi connectivity index (χ1) is 13.0. The molecule has 29 heavy (non-hydrogen) atoms. The lowest BCUT2D eigenvalue weighted by atomic mass is 9.84. The zero-order valence-electron chi connectivity index (χ0n) is 18.6. The van der Waals surface area contributed by atoms with E-state index >= 15 is 0 Å². The molecule has 0 aromatic rings. The lowest BCUT2D eigenvalue weighted by Gasteiger charge is -2.31. The lowest BCUT2D eigenvalue weighted by molar-refractivity contribution is -0.126. The summed E-state index contributed by atoms with van der Waals surface area (Å²) < 4.78 is 0. The van der Waals surface area contributed by atoms with Gasteiger partial charge in [-0.25, -0.2) is 0 Å². The molecule has 0 aromatic heterocycles. The van der Waals surface area contributed by atoms with Crippen LogP contribution in [0.1, 0.15) is 87.5 Å². The molecule has 4 N–H and O–H groups in total. The maximum atomic E-state index is 11.4. The van der Waals surface area contributed by atoms with E-state index in [1.54, 1.807) is 0 Å². The minimum absolute atomic E-state index is 0. The second-order valence-corrected chi connectivity index (χ2v) is 9.44. The highest BCUT2D eigenvalue weighted by molar-refractivity contribution is 5.78. The Kier molecular flexibility index (Phi) is 12.7. The number of nitrogens with one attached hydrogen (secondary N) is 2. The van der Waals surface area contributed by atoms with E-state index in [1.807, 2.05) is 41.5 Å². The van der Waals surface area contributed by atoms with Crippen molar-refractivity contribution in [3.8, 4) is 0 Å². The quantitative estimate of drug-likeness (QED) is 0.567. The van der Waals surface area contributed by atoms with Gasteiger partial charge in [-0.2, -0.15) is 0 Å². The number of aliphatic hydroxyl groups excluding tert-OH is 2. The summed E-state index contributed by atoms with van der Waals surface area (Å²) in [5.74, 6) is 0.967. The van der Waals surface area contributed by atoms with E-state index in [0.29, 0.717) is 11.8 Å². The van der Waals surface area contributed by atoms with Crippen LogP contribution in [-0.4, -0.2) is 46.3 Å². The van der Waals surface area contributed by atoms with Gasteiger partial charge >= 0.3 is 0 Å². The van der Waals surface area contributed by atoms with Crippen LogP contribution in [-0.2, 0) is 9.59 Å². The molecule has 0 aromatic carbocycles. The number of rotatable bonds is 4. The molecule has 2 aliphatic rings. The Bertz CT molecular complexity index is 451. The average molecular weight is 415 g/mol. The minimum atomic E-state index is -0.179. The summed E-state index contributed by atoms with van der Waals surface area (Å²) in [5, 5.41) is 25.1. The monoisotopic (exact) mass is 414 g/mol. The fourth-order valence-corrected chi connectivity index (χ4v) is 3.76. The van der Waals surface area contributed by atoms with Gasteiger partial charge in [-0.05, 0) is 50.4 Å². The molecule has 2 amide bonds. The van der Waals surface area contributed by atoms with E-state index < -0.39 is 0 Å². The van der Waals surface area contributed by atoms with Crippen molar-refractivity contribution in [3.05, 3.63) is 0 Å². The van der Waals surface area contributed by atoms with Crippen LogP contribution < -0.4 is 10.6 Å². The van der Waals surface area contributed by atoms with Crippen LogP contribution in [0, 0.1) is 23.7 Å². The third kappa shape index (κ3) is 9.94. The maximum absolute atomic E-state index is 11.4. The van der Waals surface area contributed by atoms with Crippen molar-refractivity contribution in [2.45, 2.75) is 112 Å². The van der Waals surface area contributed by atoms with Gasteiger partial charge in [-0.15, -0.1) is 0 Å². The first-order valence-corrected chi connectivity index (χ1v) is 11.0. The molecule has 6 nitrogen and oxygen atoms in total. The molecule has 2 saturated carbocycles. The molecular weight excluding hydrogens is 368 g/mol. The Labute approximate surface area is 178 Å². The zero-order valence-corrected chi connectivity index (χ0v) is 18.6. The highest BCUT2D eigenvalue weighted by atomic mass is 16.3. The Balaban J connectivity index is 0.000000523. The van der Waals surface area contributed by atoms with Crippen molar-refractivity contribution in [1.29, 1.82) is 0 Å². The van der Waals surface area contributed by atoms with Crippen LogP contribution in [0.5, 0.6) is 0 Å². The van der Waals surface area contributed by atoms with Gasteiger partial charge in [0.25, 0.3) is 0 Å². The lowest BCUT2D eigenvalue weighted by Crippen LogP contribution is -2.43. The van der Waals surface area contributed by atoms with Crippen molar-refractivity contribution in [2.24, 2.45) is 23.7 Å². The second-order valence-electron chi connectivity index (χ2n) is 9.44. The Morgan fingerprint density at radius 1 is 0.724 bits per heavy atom. The summed E-state index contributed by atoms with van der Waals surface area (Å²) >= 11 is 0. The van der Waals surface area contributed by atoms with Gasteiger partial charge in [-0.1, -0.05) is 49.0 Å². The van der Waals surface area contributed by atoms with Gasteiger partial charge in [0.05, 0.1) is 12.2 Å². The molecule has 2 aliphatic carbocycles. The number of hydrogen-bond donors (Lipinski definition) is 4. The summed E-state index contributed by atoms with van der Waals surface area (Å²) in [4.78, 5) is 22.9. The molecule has 0 aliphatic heterocycles. The first kappa shape index (κ1) is 27.9. The molecule has 0 spiro atoms. The molecule has 0 radical (unpaired) electrons. The number of hydrogen-bond acceptors (Lipinski definition) is 4. The van der Waals surface area contributed by atoms with Crippen molar-refractivity contribution < 1.29 is 19.8 Å². The van der Waals surface area contributed by atoms with E-state index in [4.69, 9.17) is 0 Å². The standard InChI is InChI=1S/2C11H21NO2.CH4/c2*1-7(2)11(14)12-9-4-5-10(13)8(3)6-9;/h2*7-10,13H,4-6H2,1-3H3,(H,12,14);1H4/t2*8-,9-,10-;/m10./s1. The van der Waals surface area contributed by atoms with Gasteiger partial charge in [-0.3, -0.25) is 9.59 Å². The third-order valence-corrected chi connectivity index (χ3v) is 5.99. The van der Waals surface area contributed by atoms with E-state index in [1.165, 1.54) is 0 Å². The van der Waals surface area contributed by atoms with Crippen LogP contribution >= 0.6 is 0 Å². The predicted octanol–water partition coefficient (Wildman–Crippen LogP) is 3.25. The van der Waals surface area contributed by atoms with Gasteiger partial charge in [0.15, 0.2) is 0 Å². The number of carbonyl (C=O) groups is 2. The predicted molar refractivity (Wildman–Crippen MR) is 118 cm³/mol. The molecule has 0 heterocycles. The molecule has 6 heteroatoms. The Morgan fingerprint density at radius 3 is 1.28 bits per heavy atom. The Morgan fingerprint density at radius 2 is 1.03 bits per heavy atom. The van der Waals surface area contributed by atoms with Crippen LogP contribution in [0.4, 0.5) is 0 Å². The number of amides is 2. The van der Waals surface area contributed by atoms with E-state index in [-0.39, 0.29) is 55.4 Å². The Hall–Kier alpha value is -1.14. The largest absolute Gasteiger partial charge is 0.393 e. The summed E-state index contributed by atoms with van der Waals surface area (Å²) in [7, 11) is 0. The fourth-order valence-electron chi connectivity index (χ4n) is 3.76. The van der Waals surface area contributed by atoms with Gasteiger partial charge in [0.1, 0.15) is 0 Å². The minimum Gasteiger partial charge on any atom is -0.393 e. The zero-order chi connectivity index (χ0) is 21.4. The van der Waals surface area contributed by atoms with Crippen molar-refractivity contribution in [2.75, 3.05) is 0 Å². The topological polar surface area (TPSA) is 98.7 Å². The number of aliphatic hydroxyl groups is 2. The first-order valence-electron chi connectivity index (χ1n) is 11.0. The average Bonchev–Trinajstić information content (AvgIpc) is 2.61. The maximum Gasteiger partial charge on any atom is 0.222 e. The third-order valence-electron chi connectivity index (χ3n) is 5.99. The summed E-state index contributed by atoms with van der Waals surface area (Å²) in [5.41, 5.74) is 0. The number of carbonyl (C=O) groups excluding carboxylic acids is 2. The van der Waals surface area contributed by atoms with Crippen LogP contribution in [0.25, 0.3) is 0 Å². The summed E-state index contributed by atoms with van der Waals surface area (Å²) in [6, 6.07) is 0.534. The molecule has 2 fully saturated rings. The molecule has 0 unspecified atom stereocenters. The van der Waals surface area contributed by atoms with Crippen LogP contribution in [0.2, 0.25) is 0 Å². The summed E-state index contributed by atoms with van der Waals surface area (Å²) in [6.45, 7) is 11.7. The molecular formula is C23H46N2O4.